The van der Waals surface area contributed by atoms with Crippen LogP contribution in [0, 0.1) is 0 Å². The average molecular weight is 170 g/mol. The smallest absolute Gasteiger partial charge is 0.259 e. The van der Waals surface area contributed by atoms with Gasteiger partial charge in [0.15, 0.2) is 0 Å². The van der Waals surface area contributed by atoms with Crippen LogP contribution >= 0.6 is 0 Å². The quantitative estimate of drug-likeness (QED) is 0.348. The Bertz CT molecular complexity index is 333. The maximum atomic E-state index is 11.1. The lowest BCUT2D eigenvalue weighted by atomic mass is 10.2. The number of aromatic hydroxyl groups is 1. The van der Waals surface area contributed by atoms with Gasteiger partial charge in [-0.3, -0.25) is 15.2 Å². The first kappa shape index (κ1) is 8.54. The van der Waals surface area contributed by atoms with E-state index < -0.39 is 0 Å². The lowest BCUT2D eigenvalue weighted by molar-refractivity contribution is 0.444. The molecule has 0 bridgehead atoms. The summed E-state index contributed by atoms with van der Waals surface area (Å²) in [6.45, 7) is 1.75. The van der Waals surface area contributed by atoms with Crippen LogP contribution in [0.3, 0.4) is 0 Å². The van der Waals surface area contributed by atoms with E-state index in [1.807, 2.05) is 0 Å². The van der Waals surface area contributed by atoms with Gasteiger partial charge in [-0.05, 0) is 6.42 Å². The molecule has 0 aliphatic rings. The van der Waals surface area contributed by atoms with Crippen molar-refractivity contribution in [2.45, 2.75) is 13.3 Å². The minimum atomic E-state index is -0.377. The summed E-state index contributed by atoms with van der Waals surface area (Å²) in [5, 5.41) is 9.18. The van der Waals surface area contributed by atoms with Crippen molar-refractivity contribution in [2.24, 2.45) is 5.84 Å². The lowest BCUT2D eigenvalue weighted by Crippen LogP contribution is -2.19. The Labute approximate surface area is 68.4 Å². The molecule has 0 amide bonds. The molecule has 0 aliphatic carbocycles. The fourth-order valence-electron chi connectivity index (χ4n) is 0.873. The van der Waals surface area contributed by atoms with E-state index in [9.17, 15) is 9.90 Å². The number of nitrogens with one attached hydrogen (secondary N) is 2. The molecule has 6 heteroatoms. The topological polar surface area (TPSA) is 104 Å². The van der Waals surface area contributed by atoms with Crippen LogP contribution in [0.15, 0.2) is 4.79 Å². The van der Waals surface area contributed by atoms with E-state index in [1.165, 1.54) is 0 Å². The zero-order valence-electron chi connectivity index (χ0n) is 6.59. The van der Waals surface area contributed by atoms with E-state index >= 15 is 0 Å². The van der Waals surface area contributed by atoms with Crippen molar-refractivity contribution >= 4 is 5.95 Å². The summed E-state index contributed by atoms with van der Waals surface area (Å²) in [4.78, 5) is 17.0. The molecule has 0 spiro atoms. The second-order valence-electron chi connectivity index (χ2n) is 2.21. The molecule has 1 aromatic heterocycles. The molecular weight excluding hydrogens is 160 g/mol. The molecule has 6 nitrogen and oxygen atoms in total. The van der Waals surface area contributed by atoms with Crippen molar-refractivity contribution in [2.75, 3.05) is 5.43 Å². The third-order valence-corrected chi connectivity index (χ3v) is 1.48. The summed E-state index contributed by atoms with van der Waals surface area (Å²) in [6.07, 6.45) is 0.430. The third-order valence-electron chi connectivity index (χ3n) is 1.48. The Morgan fingerprint density at radius 2 is 2.42 bits per heavy atom. The largest absolute Gasteiger partial charge is 0.493 e. The van der Waals surface area contributed by atoms with E-state index in [0.717, 1.165) is 0 Å². The molecule has 0 radical (unpaired) electrons. The van der Waals surface area contributed by atoms with Crippen molar-refractivity contribution in [1.82, 2.24) is 9.97 Å². The van der Waals surface area contributed by atoms with Gasteiger partial charge in [-0.15, -0.1) is 0 Å². The number of aromatic amines is 1. The number of nitrogens with zero attached hydrogens (tertiary/aromatic N) is 1. The Morgan fingerprint density at radius 1 is 1.75 bits per heavy atom. The van der Waals surface area contributed by atoms with Crippen LogP contribution in [-0.2, 0) is 6.42 Å². The monoisotopic (exact) mass is 170 g/mol. The number of aromatic nitrogens is 2. The van der Waals surface area contributed by atoms with Gasteiger partial charge < -0.3 is 5.11 Å². The fourth-order valence-corrected chi connectivity index (χ4v) is 0.873. The summed E-state index contributed by atoms with van der Waals surface area (Å²) in [5.74, 6) is 4.75. The highest BCUT2D eigenvalue weighted by molar-refractivity contribution is 5.31. The Morgan fingerprint density at radius 3 is 2.83 bits per heavy atom. The minimum absolute atomic E-state index is 0.0506. The summed E-state index contributed by atoms with van der Waals surface area (Å²) >= 11 is 0. The molecule has 12 heavy (non-hydrogen) atoms. The van der Waals surface area contributed by atoms with Crippen LogP contribution in [0.1, 0.15) is 12.5 Å². The number of hydrazine groups is 1. The maximum Gasteiger partial charge on any atom is 0.259 e. The van der Waals surface area contributed by atoms with Crippen molar-refractivity contribution in [3.63, 3.8) is 0 Å². The predicted octanol–water partition coefficient (Wildman–Crippen LogP) is -0.677. The molecule has 0 unspecified atom stereocenters. The van der Waals surface area contributed by atoms with Crippen molar-refractivity contribution in [3.8, 4) is 5.88 Å². The second kappa shape index (κ2) is 3.22. The Hall–Kier alpha value is -1.56. The van der Waals surface area contributed by atoms with Crippen LogP contribution in [0.4, 0.5) is 5.95 Å². The first-order valence-electron chi connectivity index (χ1n) is 3.47. The van der Waals surface area contributed by atoms with E-state index in [2.05, 4.69) is 15.4 Å². The molecule has 5 N–H and O–H groups in total. The Balaban J connectivity index is 3.28. The molecule has 0 saturated heterocycles. The molecule has 0 atom stereocenters. The second-order valence-corrected chi connectivity index (χ2v) is 2.21. The van der Waals surface area contributed by atoms with Crippen LogP contribution in [0.5, 0.6) is 5.88 Å². The standard InChI is InChI=1S/C6H10N4O2/c1-2-3-4(11)8-6(10-7)9-5(3)12/h2,7H2,1H3,(H3,8,9,10,11,12). The number of hydrogen-bond donors (Lipinski definition) is 4. The van der Waals surface area contributed by atoms with Gasteiger partial charge in [-0.25, -0.2) is 5.84 Å². The normalized spacial score (nSPS) is 9.83. The third kappa shape index (κ3) is 1.37. The van der Waals surface area contributed by atoms with Gasteiger partial charge in [-0.1, -0.05) is 6.92 Å². The van der Waals surface area contributed by atoms with Gasteiger partial charge in [-0.2, -0.15) is 4.98 Å². The van der Waals surface area contributed by atoms with Crippen LogP contribution < -0.4 is 16.8 Å². The van der Waals surface area contributed by atoms with Gasteiger partial charge in [0.05, 0.1) is 5.56 Å². The van der Waals surface area contributed by atoms with Crippen molar-refractivity contribution in [1.29, 1.82) is 0 Å². The molecule has 1 aromatic rings. The molecule has 0 aliphatic heterocycles. The minimum Gasteiger partial charge on any atom is -0.493 e. The van der Waals surface area contributed by atoms with Crippen LogP contribution in [-0.4, -0.2) is 15.1 Å². The number of anilines is 1. The van der Waals surface area contributed by atoms with E-state index in [-0.39, 0.29) is 23.0 Å². The molecule has 1 heterocycles. The highest BCUT2D eigenvalue weighted by Crippen LogP contribution is 2.09. The van der Waals surface area contributed by atoms with E-state index in [0.29, 0.717) is 6.42 Å². The van der Waals surface area contributed by atoms with E-state index in [4.69, 9.17) is 5.84 Å². The molecular formula is C6H10N4O2. The number of H-pyrrole nitrogens is 1. The summed E-state index contributed by atoms with van der Waals surface area (Å²) in [5.41, 5.74) is 2.01. The predicted molar refractivity (Wildman–Crippen MR) is 43.7 cm³/mol. The van der Waals surface area contributed by atoms with Gasteiger partial charge >= 0.3 is 0 Å². The van der Waals surface area contributed by atoms with Crippen LogP contribution in [0.25, 0.3) is 0 Å². The molecule has 66 valence electrons. The van der Waals surface area contributed by atoms with Gasteiger partial charge in [0, 0.05) is 0 Å². The fraction of sp³-hybridized carbons (Fsp3) is 0.333. The number of rotatable bonds is 2. The highest BCUT2D eigenvalue weighted by Gasteiger charge is 2.06. The maximum absolute atomic E-state index is 11.1. The van der Waals surface area contributed by atoms with E-state index in [1.54, 1.807) is 6.92 Å². The molecule has 1 rings (SSSR count). The zero-order valence-corrected chi connectivity index (χ0v) is 6.59. The highest BCUT2D eigenvalue weighted by atomic mass is 16.3. The number of hydrogen-bond acceptors (Lipinski definition) is 5. The van der Waals surface area contributed by atoms with Gasteiger partial charge in [0.2, 0.25) is 11.8 Å². The number of nitrogens with two attached hydrogens (primary N) is 1. The lowest BCUT2D eigenvalue weighted by Gasteiger charge is -2.01. The first-order valence-corrected chi connectivity index (χ1v) is 3.47. The van der Waals surface area contributed by atoms with Crippen molar-refractivity contribution in [3.05, 3.63) is 15.9 Å². The summed E-state index contributed by atoms with van der Waals surface area (Å²) in [6, 6.07) is 0. The molecule has 0 saturated carbocycles. The summed E-state index contributed by atoms with van der Waals surface area (Å²) < 4.78 is 0. The molecule has 0 fully saturated rings. The van der Waals surface area contributed by atoms with Crippen LogP contribution in [0.2, 0.25) is 0 Å². The van der Waals surface area contributed by atoms with Gasteiger partial charge in [0.1, 0.15) is 0 Å². The SMILES string of the molecule is CCc1c(O)nc(NN)[nH]c1=O. The number of nitrogen functional groups attached to an aromatic ring is 1. The first-order chi connectivity index (χ1) is 5.69. The summed E-state index contributed by atoms with van der Waals surface area (Å²) in [7, 11) is 0. The van der Waals surface area contributed by atoms with Crippen molar-refractivity contribution < 1.29 is 5.11 Å². The van der Waals surface area contributed by atoms with Gasteiger partial charge in [0.25, 0.3) is 5.56 Å². The Kier molecular flexibility index (Phi) is 2.29. The average Bonchev–Trinajstić information content (AvgIpc) is 2.03. The molecule has 0 aromatic carbocycles. The zero-order chi connectivity index (χ0) is 9.14.